The second-order valence-electron chi connectivity index (χ2n) is 14.6. The molecule has 0 radical (unpaired) electrons. The summed E-state index contributed by atoms with van der Waals surface area (Å²) in [5.74, 6) is 1.55. The average Bonchev–Trinajstić information content (AvgIpc) is 3.96. The minimum atomic E-state index is -0.255. The summed E-state index contributed by atoms with van der Waals surface area (Å²) in [5, 5.41) is 10.8. The minimum absolute atomic E-state index is 0.255. The topological polar surface area (TPSA) is 54.8 Å². The van der Waals surface area contributed by atoms with Crippen LogP contribution >= 0.6 is 11.3 Å². The Labute approximate surface area is 331 Å². The molecule has 1 atom stereocenters. The van der Waals surface area contributed by atoms with E-state index < -0.39 is 0 Å². The second-order valence-corrected chi connectivity index (χ2v) is 15.6. The fraction of sp³-hybridized carbons (Fsp3) is 0.0196. The third kappa shape index (κ3) is 5.08. The molecule has 1 N–H and O–H groups in total. The lowest BCUT2D eigenvalue weighted by molar-refractivity contribution is 0.669. The average molecular weight is 749 g/mol. The van der Waals surface area contributed by atoms with Gasteiger partial charge in [-0.1, -0.05) is 133 Å². The van der Waals surface area contributed by atoms with E-state index in [1.54, 1.807) is 0 Å². The lowest BCUT2D eigenvalue weighted by atomic mass is 10.0. The number of furan rings is 1. The van der Waals surface area contributed by atoms with Crippen molar-refractivity contribution in [3.63, 3.8) is 0 Å². The first-order valence-corrected chi connectivity index (χ1v) is 20.0. The highest BCUT2D eigenvalue weighted by atomic mass is 32.1. The first-order chi connectivity index (χ1) is 28.2. The van der Waals surface area contributed by atoms with Crippen molar-refractivity contribution < 1.29 is 4.42 Å². The van der Waals surface area contributed by atoms with E-state index in [0.29, 0.717) is 0 Å². The van der Waals surface area contributed by atoms with Gasteiger partial charge in [-0.05, 0) is 65.2 Å². The van der Waals surface area contributed by atoms with Gasteiger partial charge in [-0.3, -0.25) is 0 Å². The molecule has 6 heteroatoms. The summed E-state index contributed by atoms with van der Waals surface area (Å²) in [4.78, 5) is 10.2. The zero-order valence-corrected chi connectivity index (χ0v) is 31.4. The number of rotatable bonds is 5. The van der Waals surface area contributed by atoms with Crippen molar-refractivity contribution >= 4 is 86.9 Å². The summed E-state index contributed by atoms with van der Waals surface area (Å²) in [6.45, 7) is 0. The Kier molecular flexibility index (Phi) is 7.09. The van der Waals surface area contributed by atoms with Crippen molar-refractivity contribution in [1.29, 1.82) is 0 Å². The molecule has 11 aromatic rings. The Hall–Kier alpha value is -7.28. The molecular formula is C51H32N4OS. The van der Waals surface area contributed by atoms with Crippen LogP contribution in [-0.2, 0) is 0 Å². The van der Waals surface area contributed by atoms with Crippen molar-refractivity contribution in [2.45, 2.75) is 6.17 Å². The van der Waals surface area contributed by atoms with Gasteiger partial charge in [0.1, 0.15) is 23.2 Å². The van der Waals surface area contributed by atoms with Crippen LogP contribution in [0.5, 0.6) is 0 Å². The zero-order valence-electron chi connectivity index (χ0n) is 30.6. The normalized spacial score (nSPS) is 14.5. The standard InChI is InChI=1S/C51H32N4OS/c1-3-13-31(14-4-1)49-52-50(32-15-5-2-6-16-32)54-51(53-49)39-20-11-19-38-37-27-25-34(30-46(37)57-48(38)39)33-26-28-44-40(29-33)47-43(23-12-24-45(47)56-44)55-41-21-9-7-17-35(41)36-18-8-10-22-42(36)55/h1-30,49H,(H,52,53,54). The first kappa shape index (κ1) is 32.0. The van der Waals surface area contributed by atoms with Crippen LogP contribution in [0.1, 0.15) is 22.9 Å². The highest BCUT2D eigenvalue weighted by Gasteiger charge is 2.24. The first-order valence-electron chi connectivity index (χ1n) is 19.2. The molecule has 0 saturated heterocycles. The molecule has 3 aromatic heterocycles. The summed E-state index contributed by atoms with van der Waals surface area (Å²) in [6.07, 6.45) is -0.255. The molecule has 8 aromatic carbocycles. The van der Waals surface area contributed by atoms with Gasteiger partial charge in [0, 0.05) is 47.5 Å². The lowest BCUT2D eigenvalue weighted by Crippen LogP contribution is -2.33. The number of aromatic nitrogens is 1. The van der Waals surface area contributed by atoms with E-state index in [9.17, 15) is 0 Å². The predicted octanol–water partition coefficient (Wildman–Crippen LogP) is 13.2. The Morgan fingerprint density at radius 1 is 0.526 bits per heavy atom. The number of aliphatic imine (C=N–C) groups is 2. The summed E-state index contributed by atoms with van der Waals surface area (Å²) in [6, 6.07) is 64.3. The molecule has 268 valence electrons. The van der Waals surface area contributed by atoms with Crippen molar-refractivity contribution in [1.82, 2.24) is 9.88 Å². The maximum Gasteiger partial charge on any atom is 0.159 e. The number of hydrogen-bond donors (Lipinski definition) is 1. The smallest absolute Gasteiger partial charge is 0.159 e. The number of amidine groups is 2. The molecule has 0 saturated carbocycles. The number of benzene rings is 8. The molecule has 1 aliphatic rings. The summed E-state index contributed by atoms with van der Waals surface area (Å²) in [7, 11) is 0. The van der Waals surface area contributed by atoms with Gasteiger partial charge in [0.15, 0.2) is 5.84 Å². The Balaban J connectivity index is 0.987. The van der Waals surface area contributed by atoms with E-state index in [1.165, 1.54) is 42.0 Å². The van der Waals surface area contributed by atoms with Gasteiger partial charge in [0.25, 0.3) is 0 Å². The second kappa shape index (κ2) is 12.6. The highest BCUT2D eigenvalue weighted by Crippen LogP contribution is 2.42. The van der Waals surface area contributed by atoms with Crippen molar-refractivity contribution in [3.8, 4) is 16.8 Å². The molecule has 57 heavy (non-hydrogen) atoms. The number of hydrogen-bond acceptors (Lipinski definition) is 5. The SMILES string of the molecule is c1ccc(C2=NC(c3ccccc3)NC(c3cccc4c3sc3cc(-c5ccc6oc7cccc(-n8c9ccccc9c9ccccc98)c7c6c5)ccc34)=N2)cc1. The fourth-order valence-corrected chi connectivity index (χ4v) is 9.89. The van der Waals surface area contributed by atoms with Crippen LogP contribution in [0.25, 0.3) is 80.7 Å². The molecule has 0 bridgehead atoms. The Bertz CT molecular complexity index is 3390. The van der Waals surface area contributed by atoms with Crippen LogP contribution in [0.3, 0.4) is 0 Å². The van der Waals surface area contributed by atoms with Gasteiger partial charge in [-0.2, -0.15) is 0 Å². The van der Waals surface area contributed by atoms with Crippen molar-refractivity contribution in [2.75, 3.05) is 0 Å². The number of fused-ring (bicyclic) bond motifs is 9. The van der Waals surface area contributed by atoms with Crippen LogP contribution in [0, 0.1) is 0 Å². The molecule has 0 spiro atoms. The number of nitrogens with one attached hydrogen (secondary N) is 1. The highest BCUT2D eigenvalue weighted by molar-refractivity contribution is 7.26. The molecule has 0 aliphatic carbocycles. The molecule has 1 aliphatic heterocycles. The van der Waals surface area contributed by atoms with Crippen molar-refractivity contribution in [2.24, 2.45) is 9.98 Å². The molecule has 12 rings (SSSR count). The van der Waals surface area contributed by atoms with E-state index in [2.05, 4.69) is 168 Å². The third-order valence-corrected chi connectivity index (χ3v) is 12.5. The lowest BCUT2D eigenvalue weighted by Gasteiger charge is -2.24. The van der Waals surface area contributed by atoms with Gasteiger partial charge >= 0.3 is 0 Å². The molecule has 4 heterocycles. The zero-order chi connectivity index (χ0) is 37.5. The number of thiophene rings is 1. The van der Waals surface area contributed by atoms with E-state index in [-0.39, 0.29) is 6.17 Å². The van der Waals surface area contributed by atoms with E-state index in [4.69, 9.17) is 14.4 Å². The molecule has 5 nitrogen and oxygen atoms in total. The van der Waals surface area contributed by atoms with Crippen LogP contribution in [0.15, 0.2) is 196 Å². The summed E-state index contributed by atoms with van der Waals surface area (Å²) >= 11 is 1.81. The van der Waals surface area contributed by atoms with Crippen molar-refractivity contribution in [3.05, 3.63) is 199 Å². The fourth-order valence-electron chi connectivity index (χ4n) is 8.63. The molecule has 0 amide bonds. The predicted molar refractivity (Wildman–Crippen MR) is 238 cm³/mol. The van der Waals surface area contributed by atoms with Crippen LogP contribution in [-0.4, -0.2) is 16.2 Å². The van der Waals surface area contributed by atoms with E-state index in [1.807, 2.05) is 35.6 Å². The minimum Gasteiger partial charge on any atom is -0.456 e. The molecular weight excluding hydrogens is 717 g/mol. The van der Waals surface area contributed by atoms with Crippen LogP contribution < -0.4 is 5.32 Å². The number of nitrogens with zero attached hydrogens (tertiary/aromatic N) is 3. The maximum absolute atomic E-state index is 6.52. The van der Waals surface area contributed by atoms with Gasteiger partial charge in [-0.15, -0.1) is 11.3 Å². The van der Waals surface area contributed by atoms with Crippen LogP contribution in [0.2, 0.25) is 0 Å². The third-order valence-electron chi connectivity index (χ3n) is 11.3. The van der Waals surface area contributed by atoms with Crippen LogP contribution in [0.4, 0.5) is 0 Å². The monoisotopic (exact) mass is 748 g/mol. The largest absolute Gasteiger partial charge is 0.456 e. The van der Waals surface area contributed by atoms with Gasteiger partial charge in [0.2, 0.25) is 0 Å². The van der Waals surface area contributed by atoms with E-state index in [0.717, 1.165) is 67.1 Å². The van der Waals surface area contributed by atoms with Gasteiger partial charge < -0.3 is 14.3 Å². The van der Waals surface area contributed by atoms with Gasteiger partial charge in [-0.25, -0.2) is 9.98 Å². The summed E-state index contributed by atoms with van der Waals surface area (Å²) in [5.41, 5.74) is 10.7. The van der Waals surface area contributed by atoms with Gasteiger partial charge in [0.05, 0.1) is 22.1 Å². The molecule has 0 fully saturated rings. The number of para-hydroxylation sites is 2. The Morgan fingerprint density at radius 2 is 1.21 bits per heavy atom. The molecule has 1 unspecified atom stereocenters. The van der Waals surface area contributed by atoms with E-state index >= 15 is 0 Å². The maximum atomic E-state index is 6.52. The quantitative estimate of drug-likeness (QED) is 0.191. The Morgan fingerprint density at radius 3 is 2.02 bits per heavy atom. The summed E-state index contributed by atoms with van der Waals surface area (Å²) < 4.78 is 11.3.